The van der Waals surface area contributed by atoms with E-state index >= 15 is 0 Å². The van der Waals surface area contributed by atoms with Gasteiger partial charge in [-0.15, -0.1) is 0 Å². The quantitative estimate of drug-likeness (QED) is 0.0551. The number of esters is 1. The average Bonchev–Trinajstić information content (AvgIpc) is 4.40. The van der Waals surface area contributed by atoms with E-state index in [0.29, 0.717) is 60.5 Å². The van der Waals surface area contributed by atoms with Gasteiger partial charge in [0.25, 0.3) is 0 Å². The van der Waals surface area contributed by atoms with Gasteiger partial charge in [-0.2, -0.15) is 0 Å². The van der Waals surface area contributed by atoms with Gasteiger partial charge in [0.15, 0.2) is 0 Å². The summed E-state index contributed by atoms with van der Waals surface area (Å²) in [7, 11) is -6.06. The molecule has 0 spiro atoms. The Hall–Kier alpha value is -6.50. The van der Waals surface area contributed by atoms with Crippen molar-refractivity contribution in [2.24, 2.45) is 23.7 Å². The largest absolute Gasteiger partial charge is 1.00 e. The third kappa shape index (κ3) is 14.0. The zero-order valence-electron chi connectivity index (χ0n) is 44.1. The Bertz CT molecular complexity index is 3440. The zero-order chi connectivity index (χ0) is 54.1. The van der Waals surface area contributed by atoms with Crippen molar-refractivity contribution < 1.29 is 88.3 Å². The van der Waals surface area contributed by atoms with Crippen LogP contribution >= 0.6 is 0 Å². The van der Waals surface area contributed by atoms with Crippen molar-refractivity contribution in [3.05, 3.63) is 142 Å². The van der Waals surface area contributed by atoms with Crippen molar-refractivity contribution in [2.45, 2.75) is 71.5 Å². The van der Waals surface area contributed by atoms with Crippen LogP contribution in [-0.4, -0.2) is 103 Å². The minimum absolute atomic E-state index is 0. The number of hydrogen-bond acceptors (Lipinski definition) is 16. The number of carboxylic acids is 1. The number of aryl methyl sites for hydroxylation is 2. The molecule has 10 rings (SSSR count). The fraction of sp³-hybridized carbons (Fsp3) is 0.393. The number of aromatic nitrogens is 4. The summed E-state index contributed by atoms with van der Waals surface area (Å²) in [6.07, 6.45) is 11.4. The third-order valence-corrected chi connectivity index (χ3v) is 16.3. The molecule has 0 radical (unpaired) electrons. The Balaban J connectivity index is 0.000000221. The number of rotatable bonds is 21. The first kappa shape index (κ1) is 59.2. The van der Waals surface area contributed by atoms with Crippen LogP contribution in [0.1, 0.15) is 76.1 Å². The number of carboxylic acid groups (broad SMARTS) is 1. The molecule has 0 saturated heterocycles. The van der Waals surface area contributed by atoms with Gasteiger partial charge in [0, 0.05) is 95.7 Å². The number of nitrogens with zero attached hydrogens (tertiary/aromatic N) is 4. The standard InChI is InChI=1S/C29H31FN2O6S.C27H27FN2O6S.Li.H2O/c1-4-36-29(33)28-21-12-19-13-26(32-15-23(19)27(21)28)38-16-20-11-18(6-7-24(20)30)22-14-31-25(10-17(22)2)37-8-5-9-39(3,34)35;1-15-8-23(35-6-3-7-37(2,33)34)29-12-20(15)16-4-5-22(28)18(9-16)14-36-24-11-17-10-19-25(21(17)13-30-24)26(19)27(31)32;;/h6-7,10-11,13-15,21,27-28H,4-5,8-9,12,16H2,1-3H3;4-5,8-9,11-13,19,25-26H,3,6-7,10,14H2,1-2H3,(H,31,32);;1H2/q;;+1;/p-1/t21-,27-,28+;19-,25-,26+;;/m11../s1. The van der Waals surface area contributed by atoms with Crippen molar-refractivity contribution in [1.82, 2.24) is 19.9 Å². The number of fused-ring (bicyclic) bond motifs is 6. The second kappa shape index (κ2) is 24.7. The molecule has 4 heterocycles. The molecule has 2 saturated carbocycles. The minimum Gasteiger partial charge on any atom is -0.870 e. The van der Waals surface area contributed by atoms with Crippen LogP contribution in [0.25, 0.3) is 22.3 Å². The second-order valence-electron chi connectivity index (χ2n) is 19.9. The molecule has 0 amide bonds. The zero-order valence-corrected chi connectivity index (χ0v) is 45.7. The van der Waals surface area contributed by atoms with Crippen LogP contribution in [0.15, 0.2) is 85.5 Å². The van der Waals surface area contributed by atoms with Crippen LogP contribution < -0.4 is 37.8 Å². The molecule has 0 aliphatic heterocycles. The van der Waals surface area contributed by atoms with E-state index in [1.54, 1.807) is 61.2 Å². The van der Waals surface area contributed by atoms with Gasteiger partial charge in [0.1, 0.15) is 44.5 Å². The molecule has 408 valence electrons. The molecule has 0 unspecified atom stereocenters. The van der Waals surface area contributed by atoms with Gasteiger partial charge < -0.3 is 34.3 Å². The van der Waals surface area contributed by atoms with Gasteiger partial charge in [-0.05, 0) is 127 Å². The van der Waals surface area contributed by atoms with E-state index in [1.165, 1.54) is 24.6 Å². The summed E-state index contributed by atoms with van der Waals surface area (Å²) in [5, 5.41) is 9.27. The number of carbonyl (C=O) groups excluding carboxylic acids is 1. The number of ether oxygens (including phenoxy) is 5. The number of halogens is 2. The van der Waals surface area contributed by atoms with E-state index in [-0.39, 0.29) is 110 Å². The van der Waals surface area contributed by atoms with Crippen molar-refractivity contribution in [2.75, 3.05) is 43.8 Å². The van der Waals surface area contributed by atoms with Gasteiger partial charge in [-0.3, -0.25) is 9.59 Å². The summed E-state index contributed by atoms with van der Waals surface area (Å²) < 4.78 is 102. The fourth-order valence-corrected chi connectivity index (χ4v) is 11.7. The second-order valence-corrected chi connectivity index (χ2v) is 24.4. The van der Waals surface area contributed by atoms with Gasteiger partial charge >= 0.3 is 30.8 Å². The monoisotopic (exact) mass is 1100 g/mol. The number of pyridine rings is 4. The summed E-state index contributed by atoms with van der Waals surface area (Å²) in [5.74, 6) is 0.305. The maximum absolute atomic E-state index is 14.6. The predicted molar refractivity (Wildman–Crippen MR) is 279 cm³/mol. The third-order valence-electron chi connectivity index (χ3n) is 14.3. The van der Waals surface area contributed by atoms with E-state index in [2.05, 4.69) is 19.9 Å². The van der Waals surface area contributed by atoms with Crippen LogP contribution in [-0.2, 0) is 60.1 Å². The van der Waals surface area contributed by atoms with Crippen molar-refractivity contribution in [3.63, 3.8) is 0 Å². The molecule has 6 aromatic rings. The first-order valence-corrected chi connectivity index (χ1v) is 29.1. The van der Waals surface area contributed by atoms with Gasteiger partial charge in [-0.1, -0.05) is 12.1 Å². The predicted octanol–water partition coefficient (Wildman–Crippen LogP) is 5.21. The Labute approximate surface area is 463 Å². The molecule has 22 heteroatoms. The molecule has 2 aromatic carbocycles. The fourth-order valence-electron chi connectivity index (χ4n) is 10.4. The molecular weight excluding hydrogens is 1050 g/mol. The summed E-state index contributed by atoms with van der Waals surface area (Å²) >= 11 is 0. The number of carbonyl (C=O) groups is 2. The van der Waals surface area contributed by atoms with E-state index in [1.807, 2.05) is 32.9 Å². The number of sulfone groups is 2. The minimum atomic E-state index is -3.03. The smallest absolute Gasteiger partial charge is 0.870 e. The average molecular weight is 1110 g/mol. The number of benzene rings is 2. The van der Waals surface area contributed by atoms with Crippen LogP contribution in [0.2, 0.25) is 0 Å². The molecule has 4 aliphatic rings. The normalized spacial score (nSPS) is 19.0. The Kier molecular flexibility index (Phi) is 18.7. The summed E-state index contributed by atoms with van der Waals surface area (Å²) in [6.45, 7) is 6.50. The molecule has 17 nitrogen and oxygen atoms in total. The summed E-state index contributed by atoms with van der Waals surface area (Å²) in [6, 6.07) is 16.9. The molecule has 2 N–H and O–H groups in total. The van der Waals surface area contributed by atoms with Gasteiger partial charge in [0.2, 0.25) is 23.5 Å². The summed E-state index contributed by atoms with van der Waals surface area (Å²) in [5.41, 5.74) is 9.94. The maximum atomic E-state index is 14.6. The molecule has 0 bridgehead atoms. The number of aliphatic carboxylic acids is 1. The van der Waals surface area contributed by atoms with Crippen LogP contribution in [0.4, 0.5) is 8.78 Å². The Morgan fingerprint density at radius 1 is 0.615 bits per heavy atom. The SMILES string of the molecule is CCOC(=O)[C@H]1[C@@H]2Cc3cc(OCc4cc(-c5cnc(OCCCS(C)(=O)=O)cc5C)ccc4F)ncc3[C@@H]21.Cc1cc(OCCCS(C)(=O)=O)ncc1-c1ccc(F)c(COc2cc3c(cn2)[C@H]2[C@@H](C3)[C@@H]2C(=O)O)c1.[Li+].[OH-]. The molecule has 6 atom stereocenters. The van der Waals surface area contributed by atoms with Crippen molar-refractivity contribution >= 4 is 31.6 Å². The Morgan fingerprint density at radius 3 is 1.44 bits per heavy atom. The molecule has 4 aromatic heterocycles. The topological polar surface area (TPSA) is 250 Å². The Morgan fingerprint density at radius 2 is 1.03 bits per heavy atom. The molecular formula is C56H59F2LiN4O13S2. The number of hydrogen-bond donors (Lipinski definition) is 1. The van der Waals surface area contributed by atoms with E-state index < -0.39 is 31.5 Å². The first-order chi connectivity index (χ1) is 36.2. The first-order valence-electron chi connectivity index (χ1n) is 25.0. The van der Waals surface area contributed by atoms with Crippen molar-refractivity contribution in [1.29, 1.82) is 0 Å². The summed E-state index contributed by atoms with van der Waals surface area (Å²) in [4.78, 5) is 40.8. The maximum Gasteiger partial charge on any atom is 1.00 e. The van der Waals surface area contributed by atoms with Crippen LogP contribution in [0.5, 0.6) is 23.5 Å². The van der Waals surface area contributed by atoms with Gasteiger partial charge in [0.05, 0.1) is 43.2 Å². The van der Waals surface area contributed by atoms with E-state index in [0.717, 1.165) is 62.1 Å². The van der Waals surface area contributed by atoms with Crippen LogP contribution in [0.3, 0.4) is 0 Å². The molecule has 2 fully saturated rings. The van der Waals surface area contributed by atoms with Crippen LogP contribution in [0, 0.1) is 49.2 Å². The van der Waals surface area contributed by atoms with Crippen molar-refractivity contribution in [3.8, 4) is 45.8 Å². The van der Waals surface area contributed by atoms with E-state index in [4.69, 9.17) is 23.7 Å². The molecule has 4 aliphatic carbocycles. The molecule has 78 heavy (non-hydrogen) atoms. The van der Waals surface area contributed by atoms with E-state index in [9.17, 15) is 40.3 Å². The van der Waals surface area contributed by atoms with Gasteiger partial charge in [-0.25, -0.2) is 45.6 Å².